The number of aromatic nitrogens is 2. The topological polar surface area (TPSA) is 90.2 Å². The van der Waals surface area contributed by atoms with Crippen LogP contribution in [0.5, 0.6) is 11.6 Å². The van der Waals surface area contributed by atoms with Gasteiger partial charge in [0.25, 0.3) is 5.69 Å². The highest BCUT2D eigenvalue weighted by Crippen LogP contribution is 2.24. The molecule has 0 amide bonds. The van der Waals surface area contributed by atoms with Crippen LogP contribution in [-0.2, 0) is 6.42 Å². The minimum Gasteiger partial charge on any atom is -0.439 e. The molecular formula is C14H16N4O3. The maximum Gasteiger partial charge on any atom is 0.269 e. The van der Waals surface area contributed by atoms with E-state index in [2.05, 4.69) is 15.3 Å². The van der Waals surface area contributed by atoms with Gasteiger partial charge in [0.15, 0.2) is 0 Å². The minimum absolute atomic E-state index is 0.0209. The second kappa shape index (κ2) is 6.65. The molecular weight excluding hydrogens is 272 g/mol. The Morgan fingerprint density at radius 1 is 1.29 bits per heavy atom. The zero-order chi connectivity index (χ0) is 15.2. The van der Waals surface area contributed by atoms with Crippen LogP contribution in [0.4, 0.5) is 11.5 Å². The minimum atomic E-state index is -0.451. The van der Waals surface area contributed by atoms with E-state index >= 15 is 0 Å². The standard InChI is InChI=1S/C14H16N4O3/c1-3-4-12-16-13(15-2)9-14(17-12)21-11-7-5-10(6-8-11)18(19)20/h5-9H,3-4H2,1-2H3,(H,15,16,17). The Hall–Kier alpha value is -2.70. The number of nitro groups is 1. The summed E-state index contributed by atoms with van der Waals surface area (Å²) in [6.07, 6.45) is 1.69. The number of nitrogens with zero attached hydrogens (tertiary/aromatic N) is 3. The van der Waals surface area contributed by atoms with Crippen LogP contribution in [0, 0.1) is 10.1 Å². The number of hydrogen-bond donors (Lipinski definition) is 1. The van der Waals surface area contributed by atoms with Gasteiger partial charge in [-0.2, -0.15) is 4.98 Å². The SMILES string of the molecule is CCCc1nc(NC)cc(Oc2ccc([N+](=O)[O-])cc2)n1. The van der Waals surface area contributed by atoms with E-state index in [1.807, 2.05) is 6.92 Å². The summed E-state index contributed by atoms with van der Waals surface area (Å²) in [6.45, 7) is 2.05. The van der Waals surface area contributed by atoms with Crippen LogP contribution >= 0.6 is 0 Å². The highest BCUT2D eigenvalue weighted by atomic mass is 16.6. The lowest BCUT2D eigenvalue weighted by molar-refractivity contribution is -0.384. The Labute approximate surface area is 122 Å². The molecule has 0 aliphatic carbocycles. The van der Waals surface area contributed by atoms with Crippen molar-refractivity contribution in [3.63, 3.8) is 0 Å². The largest absolute Gasteiger partial charge is 0.439 e. The summed E-state index contributed by atoms with van der Waals surface area (Å²) < 4.78 is 5.63. The summed E-state index contributed by atoms with van der Waals surface area (Å²) in [5.41, 5.74) is 0.0209. The van der Waals surface area contributed by atoms with E-state index in [-0.39, 0.29) is 5.69 Å². The Morgan fingerprint density at radius 2 is 2.00 bits per heavy atom. The first-order chi connectivity index (χ1) is 10.1. The van der Waals surface area contributed by atoms with Crippen molar-refractivity contribution in [3.05, 3.63) is 46.3 Å². The summed E-state index contributed by atoms with van der Waals surface area (Å²) >= 11 is 0. The van der Waals surface area contributed by atoms with E-state index in [4.69, 9.17) is 4.74 Å². The molecule has 1 aromatic heterocycles. The van der Waals surface area contributed by atoms with Crippen LogP contribution in [-0.4, -0.2) is 21.9 Å². The molecule has 0 aliphatic rings. The molecule has 0 aliphatic heterocycles. The molecule has 1 heterocycles. The van der Waals surface area contributed by atoms with Crippen molar-refractivity contribution in [2.24, 2.45) is 0 Å². The molecule has 0 atom stereocenters. The summed E-state index contributed by atoms with van der Waals surface area (Å²) in [5, 5.41) is 13.6. The van der Waals surface area contributed by atoms with Gasteiger partial charge in [-0.25, -0.2) is 4.98 Å². The molecule has 0 radical (unpaired) electrons. The lowest BCUT2D eigenvalue weighted by Gasteiger charge is -2.08. The Bertz CT molecular complexity index is 629. The normalized spacial score (nSPS) is 10.2. The molecule has 0 spiro atoms. The van der Waals surface area contributed by atoms with Crippen molar-refractivity contribution < 1.29 is 9.66 Å². The number of nitrogens with one attached hydrogen (secondary N) is 1. The molecule has 21 heavy (non-hydrogen) atoms. The number of hydrogen-bond acceptors (Lipinski definition) is 6. The molecule has 2 rings (SSSR count). The van der Waals surface area contributed by atoms with E-state index in [0.29, 0.717) is 23.3 Å². The summed E-state index contributed by atoms with van der Waals surface area (Å²) in [4.78, 5) is 18.8. The van der Waals surface area contributed by atoms with Gasteiger partial charge in [0, 0.05) is 31.7 Å². The maximum absolute atomic E-state index is 10.6. The number of anilines is 1. The fourth-order valence-corrected chi connectivity index (χ4v) is 1.75. The Balaban J connectivity index is 2.21. The molecule has 0 saturated carbocycles. The molecule has 0 saturated heterocycles. The van der Waals surface area contributed by atoms with Gasteiger partial charge in [-0.15, -0.1) is 0 Å². The van der Waals surface area contributed by atoms with E-state index < -0.39 is 4.92 Å². The summed E-state index contributed by atoms with van der Waals surface area (Å²) in [7, 11) is 1.77. The van der Waals surface area contributed by atoms with Gasteiger partial charge in [-0.3, -0.25) is 10.1 Å². The molecule has 7 heteroatoms. The van der Waals surface area contributed by atoms with Gasteiger partial charge >= 0.3 is 0 Å². The second-order valence-electron chi connectivity index (χ2n) is 4.36. The number of aryl methyl sites for hydroxylation is 1. The molecule has 1 aromatic carbocycles. The first-order valence-corrected chi connectivity index (χ1v) is 6.60. The number of nitro benzene ring substituents is 1. The third-order valence-electron chi connectivity index (χ3n) is 2.75. The lowest BCUT2D eigenvalue weighted by atomic mass is 10.3. The number of ether oxygens (including phenoxy) is 1. The summed E-state index contributed by atoms with van der Waals surface area (Å²) in [5.74, 6) is 2.27. The quantitative estimate of drug-likeness (QED) is 0.648. The fourth-order valence-electron chi connectivity index (χ4n) is 1.75. The van der Waals surface area contributed by atoms with E-state index in [1.165, 1.54) is 12.1 Å². The van der Waals surface area contributed by atoms with Gasteiger partial charge in [0.05, 0.1) is 4.92 Å². The van der Waals surface area contributed by atoms with Gasteiger partial charge in [-0.1, -0.05) is 6.92 Å². The molecule has 110 valence electrons. The fraction of sp³-hybridized carbons (Fsp3) is 0.286. The van der Waals surface area contributed by atoms with Gasteiger partial charge in [-0.05, 0) is 18.6 Å². The summed E-state index contributed by atoms with van der Waals surface area (Å²) in [6, 6.07) is 7.54. The van der Waals surface area contributed by atoms with Crippen molar-refractivity contribution in [1.82, 2.24) is 9.97 Å². The number of benzene rings is 1. The average molecular weight is 288 g/mol. The predicted octanol–water partition coefficient (Wildman–Crippen LogP) is 3.17. The Morgan fingerprint density at radius 3 is 2.57 bits per heavy atom. The monoisotopic (exact) mass is 288 g/mol. The van der Waals surface area contributed by atoms with Gasteiger partial charge in [0.2, 0.25) is 5.88 Å². The molecule has 2 aromatic rings. The van der Waals surface area contributed by atoms with E-state index in [1.54, 1.807) is 25.2 Å². The maximum atomic E-state index is 10.6. The van der Waals surface area contributed by atoms with E-state index in [9.17, 15) is 10.1 Å². The van der Waals surface area contributed by atoms with Crippen LogP contribution in [0.15, 0.2) is 30.3 Å². The molecule has 0 fully saturated rings. The van der Waals surface area contributed by atoms with Crippen molar-refractivity contribution in [3.8, 4) is 11.6 Å². The first-order valence-electron chi connectivity index (χ1n) is 6.60. The zero-order valence-electron chi connectivity index (χ0n) is 11.9. The third kappa shape index (κ3) is 3.88. The smallest absolute Gasteiger partial charge is 0.269 e. The molecule has 7 nitrogen and oxygen atoms in total. The van der Waals surface area contributed by atoms with Crippen LogP contribution < -0.4 is 10.1 Å². The third-order valence-corrected chi connectivity index (χ3v) is 2.75. The first kappa shape index (κ1) is 14.7. The van der Waals surface area contributed by atoms with Crippen LogP contribution in [0.1, 0.15) is 19.2 Å². The van der Waals surface area contributed by atoms with Crippen LogP contribution in [0.3, 0.4) is 0 Å². The van der Waals surface area contributed by atoms with Gasteiger partial charge < -0.3 is 10.1 Å². The van der Waals surface area contributed by atoms with Crippen LogP contribution in [0.25, 0.3) is 0 Å². The van der Waals surface area contributed by atoms with Crippen molar-refractivity contribution >= 4 is 11.5 Å². The molecule has 0 unspecified atom stereocenters. The number of rotatable bonds is 6. The lowest BCUT2D eigenvalue weighted by Crippen LogP contribution is -2.01. The van der Waals surface area contributed by atoms with Crippen molar-refractivity contribution in [2.75, 3.05) is 12.4 Å². The van der Waals surface area contributed by atoms with E-state index in [0.717, 1.165) is 12.8 Å². The predicted molar refractivity (Wildman–Crippen MR) is 78.7 cm³/mol. The highest BCUT2D eigenvalue weighted by molar-refractivity contribution is 5.41. The second-order valence-corrected chi connectivity index (χ2v) is 4.36. The highest BCUT2D eigenvalue weighted by Gasteiger charge is 2.08. The number of non-ortho nitro benzene ring substituents is 1. The Kier molecular flexibility index (Phi) is 4.65. The average Bonchev–Trinajstić information content (AvgIpc) is 2.48. The van der Waals surface area contributed by atoms with Crippen LogP contribution in [0.2, 0.25) is 0 Å². The molecule has 0 bridgehead atoms. The molecule has 1 N–H and O–H groups in total. The van der Waals surface area contributed by atoms with Gasteiger partial charge in [0.1, 0.15) is 17.4 Å². The zero-order valence-corrected chi connectivity index (χ0v) is 11.9. The van der Waals surface area contributed by atoms with Crippen molar-refractivity contribution in [2.45, 2.75) is 19.8 Å². The van der Waals surface area contributed by atoms with Crippen molar-refractivity contribution in [1.29, 1.82) is 0 Å².